The Hall–Kier alpha value is -0.0800. The summed E-state index contributed by atoms with van der Waals surface area (Å²) in [5.74, 6) is 3.52. The Bertz CT molecular complexity index is 430. The van der Waals surface area contributed by atoms with E-state index < -0.39 is 0 Å². The zero-order chi connectivity index (χ0) is 20.6. The highest BCUT2D eigenvalue weighted by atomic mass is 16.5. The summed E-state index contributed by atoms with van der Waals surface area (Å²) in [5.41, 5.74) is 0.556. The third kappa shape index (κ3) is 5.47. The summed E-state index contributed by atoms with van der Waals surface area (Å²) in [7, 11) is 0. The summed E-state index contributed by atoms with van der Waals surface area (Å²) in [6, 6.07) is 0. The van der Waals surface area contributed by atoms with Crippen molar-refractivity contribution in [3.05, 3.63) is 0 Å². The van der Waals surface area contributed by atoms with E-state index in [0.717, 1.165) is 5.92 Å². The summed E-state index contributed by atoms with van der Waals surface area (Å²) in [5, 5.41) is 0. The summed E-state index contributed by atoms with van der Waals surface area (Å²) in [6.45, 7) is 29.7. The second-order valence-electron chi connectivity index (χ2n) is 11.6. The van der Waals surface area contributed by atoms with Crippen LogP contribution in [-0.2, 0) is 9.47 Å². The van der Waals surface area contributed by atoms with Crippen molar-refractivity contribution < 1.29 is 9.47 Å². The van der Waals surface area contributed by atoms with Gasteiger partial charge in [0.1, 0.15) is 0 Å². The van der Waals surface area contributed by atoms with Crippen LogP contribution < -0.4 is 0 Å². The monoisotopic (exact) mass is 368 g/mol. The summed E-state index contributed by atoms with van der Waals surface area (Å²) in [4.78, 5) is 0. The molecule has 9 atom stereocenters. The third-order valence-electron chi connectivity index (χ3n) is 7.35. The van der Waals surface area contributed by atoms with E-state index in [9.17, 15) is 0 Å². The molecule has 0 amide bonds. The Morgan fingerprint density at radius 3 is 0.923 bits per heavy atom. The quantitative estimate of drug-likeness (QED) is 0.467. The molecule has 26 heavy (non-hydrogen) atoms. The van der Waals surface area contributed by atoms with Crippen LogP contribution in [0, 0.1) is 40.4 Å². The van der Waals surface area contributed by atoms with Crippen LogP contribution in [0.15, 0.2) is 0 Å². The molecule has 0 radical (unpaired) electrons. The Morgan fingerprint density at radius 2 is 0.692 bits per heavy atom. The fourth-order valence-corrected chi connectivity index (χ4v) is 4.83. The average Bonchev–Trinajstić information content (AvgIpc) is 2.76. The Kier molecular flexibility index (Phi) is 7.85. The van der Waals surface area contributed by atoms with Crippen LogP contribution in [0.2, 0.25) is 0 Å². The molecule has 2 aliphatic rings. The van der Waals surface area contributed by atoms with Gasteiger partial charge in [-0.25, -0.2) is 0 Å². The molecule has 0 bridgehead atoms. The largest absolute Gasteiger partial charge is 0.374 e. The molecule has 156 valence electrons. The fourth-order valence-electron chi connectivity index (χ4n) is 4.83. The van der Waals surface area contributed by atoms with Gasteiger partial charge in [0.2, 0.25) is 0 Å². The molecule has 0 spiro atoms. The van der Waals surface area contributed by atoms with E-state index in [-0.39, 0.29) is 5.41 Å². The van der Waals surface area contributed by atoms with E-state index in [1.54, 1.807) is 0 Å². The highest BCUT2D eigenvalue weighted by Crippen LogP contribution is 2.42. The van der Waals surface area contributed by atoms with Gasteiger partial charge in [-0.1, -0.05) is 76.2 Å². The van der Waals surface area contributed by atoms with Crippen molar-refractivity contribution in [3.8, 4) is 0 Å². The predicted octanol–water partition coefficient (Wildman–Crippen LogP) is 6.82. The SMILES string of the molecule is CC1OC(C(C)(C)C)C(C)C(C)C1C.CC1OC(C(C)(C)C)C(C)C1C. The van der Waals surface area contributed by atoms with Gasteiger partial charge in [0.15, 0.2) is 0 Å². The normalized spacial score (nSPS) is 44.4. The lowest BCUT2D eigenvalue weighted by atomic mass is 9.70. The van der Waals surface area contributed by atoms with Gasteiger partial charge >= 0.3 is 0 Å². The smallest absolute Gasteiger partial charge is 0.0656 e. The Balaban J connectivity index is 0.000000263. The molecule has 2 fully saturated rings. The molecule has 2 nitrogen and oxygen atoms in total. The minimum atomic E-state index is 0.266. The highest BCUT2D eigenvalue weighted by Gasteiger charge is 2.43. The van der Waals surface area contributed by atoms with Gasteiger partial charge in [0.05, 0.1) is 24.4 Å². The summed E-state index contributed by atoms with van der Waals surface area (Å²) in [6.07, 6.45) is 1.68. The molecule has 2 heteroatoms. The van der Waals surface area contributed by atoms with Crippen molar-refractivity contribution in [2.45, 2.75) is 114 Å². The molecule has 2 aliphatic heterocycles. The first-order chi connectivity index (χ1) is 11.6. The van der Waals surface area contributed by atoms with Gasteiger partial charge in [0, 0.05) is 0 Å². The zero-order valence-corrected chi connectivity index (χ0v) is 20.0. The van der Waals surface area contributed by atoms with Gasteiger partial charge in [0.25, 0.3) is 0 Å². The molecule has 0 saturated carbocycles. The molecule has 2 saturated heterocycles. The topological polar surface area (TPSA) is 18.5 Å². The second-order valence-corrected chi connectivity index (χ2v) is 11.6. The predicted molar refractivity (Wildman–Crippen MR) is 113 cm³/mol. The van der Waals surface area contributed by atoms with Crippen molar-refractivity contribution in [2.24, 2.45) is 40.4 Å². The van der Waals surface area contributed by atoms with Crippen molar-refractivity contribution >= 4 is 0 Å². The van der Waals surface area contributed by atoms with Crippen LogP contribution in [0.25, 0.3) is 0 Å². The van der Waals surface area contributed by atoms with Crippen LogP contribution in [0.1, 0.15) is 90.0 Å². The highest BCUT2D eigenvalue weighted by molar-refractivity contribution is 4.90. The van der Waals surface area contributed by atoms with E-state index in [2.05, 4.69) is 90.0 Å². The number of ether oxygens (including phenoxy) is 2. The van der Waals surface area contributed by atoms with E-state index in [1.807, 2.05) is 0 Å². The minimum absolute atomic E-state index is 0.266. The van der Waals surface area contributed by atoms with Crippen molar-refractivity contribution in [1.82, 2.24) is 0 Å². The van der Waals surface area contributed by atoms with Crippen LogP contribution in [0.3, 0.4) is 0 Å². The van der Waals surface area contributed by atoms with Crippen LogP contribution >= 0.6 is 0 Å². The molecular weight excluding hydrogens is 320 g/mol. The molecule has 9 unspecified atom stereocenters. The van der Waals surface area contributed by atoms with Gasteiger partial charge in [-0.3, -0.25) is 0 Å². The van der Waals surface area contributed by atoms with Crippen molar-refractivity contribution in [3.63, 3.8) is 0 Å². The molecule has 0 aromatic rings. The number of rotatable bonds is 0. The third-order valence-corrected chi connectivity index (χ3v) is 7.35. The van der Waals surface area contributed by atoms with Crippen molar-refractivity contribution in [1.29, 1.82) is 0 Å². The first-order valence-corrected chi connectivity index (χ1v) is 10.9. The maximum Gasteiger partial charge on any atom is 0.0656 e. The molecule has 0 aromatic heterocycles. The molecule has 0 aliphatic carbocycles. The van der Waals surface area contributed by atoms with Crippen molar-refractivity contribution in [2.75, 3.05) is 0 Å². The Morgan fingerprint density at radius 1 is 0.423 bits per heavy atom. The lowest BCUT2D eigenvalue weighted by Crippen LogP contribution is -2.48. The molecule has 2 rings (SSSR count). The maximum atomic E-state index is 6.15. The molecular formula is C24H48O2. The standard InChI is InChI=1S/C13H26O.C11H22O/c1-8-9(2)11(4)14-12(10(8)3)13(5,6)7;1-7-8(2)10(11(4,5)6)12-9(7)3/h8-12H,1-7H3;7-10H,1-6H3. The number of hydrogen-bond acceptors (Lipinski definition) is 2. The number of hydrogen-bond donors (Lipinski definition) is 0. The lowest BCUT2D eigenvalue weighted by Gasteiger charge is -2.47. The van der Waals surface area contributed by atoms with Gasteiger partial charge < -0.3 is 9.47 Å². The second kappa shape index (κ2) is 8.52. The molecule has 2 heterocycles. The maximum absolute atomic E-state index is 6.15. The summed E-state index contributed by atoms with van der Waals surface area (Å²) >= 11 is 0. The first-order valence-electron chi connectivity index (χ1n) is 10.9. The zero-order valence-electron chi connectivity index (χ0n) is 20.0. The van der Waals surface area contributed by atoms with E-state index in [0.29, 0.717) is 53.5 Å². The molecule has 0 N–H and O–H groups in total. The van der Waals surface area contributed by atoms with E-state index >= 15 is 0 Å². The average molecular weight is 369 g/mol. The Labute approximate surface area is 164 Å². The molecule has 0 aromatic carbocycles. The van der Waals surface area contributed by atoms with Crippen LogP contribution in [0.4, 0.5) is 0 Å². The lowest BCUT2D eigenvalue weighted by molar-refractivity contribution is -0.163. The van der Waals surface area contributed by atoms with E-state index in [4.69, 9.17) is 9.47 Å². The van der Waals surface area contributed by atoms with Crippen LogP contribution in [0.5, 0.6) is 0 Å². The van der Waals surface area contributed by atoms with Gasteiger partial charge in [-0.05, 0) is 54.3 Å². The fraction of sp³-hybridized carbons (Fsp3) is 1.00. The minimum Gasteiger partial charge on any atom is -0.374 e. The van der Waals surface area contributed by atoms with Crippen LogP contribution in [-0.4, -0.2) is 24.4 Å². The summed E-state index contributed by atoms with van der Waals surface area (Å²) < 4.78 is 12.1. The van der Waals surface area contributed by atoms with E-state index in [1.165, 1.54) is 0 Å². The van der Waals surface area contributed by atoms with Gasteiger partial charge in [-0.2, -0.15) is 0 Å². The first kappa shape index (κ1) is 24.0. The van der Waals surface area contributed by atoms with Gasteiger partial charge in [-0.15, -0.1) is 0 Å².